The van der Waals surface area contributed by atoms with E-state index in [0.717, 1.165) is 16.5 Å². The monoisotopic (exact) mass is 411 g/mol. The minimum absolute atomic E-state index is 0.0603. The SMILES string of the molecule is CC(Cc1c[nH]c2ccccc12)(OC(=O)NC(CO)C(O)c1ccccc1)C(N)=O. The standard InChI is InChI=1S/C22H25N3O5/c1-22(20(23)28,11-15-12-24-17-10-6-5-9-16(15)17)30-21(29)25-18(13-26)19(27)14-7-3-2-4-8-14/h2-10,12,18-19,24,26-27H,11,13H2,1H3,(H2,23,28)(H,25,29). The van der Waals surface area contributed by atoms with Crippen LogP contribution in [0.3, 0.4) is 0 Å². The molecule has 30 heavy (non-hydrogen) atoms. The van der Waals surface area contributed by atoms with E-state index in [2.05, 4.69) is 10.3 Å². The summed E-state index contributed by atoms with van der Waals surface area (Å²) >= 11 is 0. The van der Waals surface area contributed by atoms with Crippen LogP contribution in [0.2, 0.25) is 0 Å². The van der Waals surface area contributed by atoms with Crippen molar-refractivity contribution in [2.75, 3.05) is 6.61 Å². The highest BCUT2D eigenvalue weighted by Gasteiger charge is 2.37. The van der Waals surface area contributed by atoms with Gasteiger partial charge in [-0.05, 0) is 24.1 Å². The van der Waals surface area contributed by atoms with Crippen molar-refractivity contribution in [1.29, 1.82) is 0 Å². The number of nitrogens with two attached hydrogens (primary N) is 1. The average Bonchev–Trinajstić information content (AvgIpc) is 3.14. The summed E-state index contributed by atoms with van der Waals surface area (Å²) in [6.07, 6.45) is -0.324. The van der Waals surface area contributed by atoms with Gasteiger partial charge in [0.2, 0.25) is 0 Å². The van der Waals surface area contributed by atoms with Gasteiger partial charge < -0.3 is 31.0 Å². The zero-order valence-electron chi connectivity index (χ0n) is 16.5. The molecule has 6 N–H and O–H groups in total. The first-order valence-electron chi connectivity index (χ1n) is 9.52. The maximum absolute atomic E-state index is 12.5. The molecule has 0 spiro atoms. The first-order valence-corrected chi connectivity index (χ1v) is 9.52. The number of aliphatic hydroxyl groups excluding tert-OH is 2. The van der Waals surface area contributed by atoms with Gasteiger partial charge in [-0.25, -0.2) is 4.79 Å². The molecule has 2 amide bonds. The number of carbonyl (C=O) groups is 2. The number of fused-ring (bicyclic) bond motifs is 1. The Morgan fingerprint density at radius 1 is 1.17 bits per heavy atom. The second-order valence-electron chi connectivity index (χ2n) is 7.31. The van der Waals surface area contributed by atoms with Gasteiger partial charge in [0.25, 0.3) is 5.91 Å². The molecule has 0 radical (unpaired) electrons. The minimum Gasteiger partial charge on any atom is -0.433 e. The third-order valence-electron chi connectivity index (χ3n) is 5.06. The molecule has 0 aliphatic carbocycles. The molecule has 0 saturated carbocycles. The van der Waals surface area contributed by atoms with Crippen LogP contribution < -0.4 is 11.1 Å². The fourth-order valence-corrected chi connectivity index (χ4v) is 3.31. The van der Waals surface area contributed by atoms with Crippen LogP contribution in [0.4, 0.5) is 4.79 Å². The van der Waals surface area contributed by atoms with Gasteiger partial charge in [-0.3, -0.25) is 4.79 Å². The molecule has 158 valence electrons. The number of carbonyl (C=O) groups excluding carboxylic acids is 2. The van der Waals surface area contributed by atoms with Gasteiger partial charge >= 0.3 is 6.09 Å². The number of hydrogen-bond acceptors (Lipinski definition) is 5. The third-order valence-corrected chi connectivity index (χ3v) is 5.06. The van der Waals surface area contributed by atoms with Gasteiger partial charge in [-0.1, -0.05) is 48.5 Å². The van der Waals surface area contributed by atoms with Gasteiger partial charge in [0.15, 0.2) is 5.60 Å². The van der Waals surface area contributed by atoms with Crippen molar-refractivity contribution >= 4 is 22.9 Å². The molecule has 3 aromatic rings. The third kappa shape index (κ3) is 4.61. The van der Waals surface area contributed by atoms with Crippen molar-refractivity contribution in [3.8, 4) is 0 Å². The number of nitrogens with one attached hydrogen (secondary N) is 2. The molecule has 2 aromatic carbocycles. The van der Waals surface area contributed by atoms with Gasteiger partial charge in [0.05, 0.1) is 12.6 Å². The lowest BCUT2D eigenvalue weighted by Crippen LogP contribution is -2.51. The van der Waals surface area contributed by atoms with E-state index in [1.165, 1.54) is 6.92 Å². The van der Waals surface area contributed by atoms with Crippen LogP contribution in [-0.4, -0.2) is 45.4 Å². The van der Waals surface area contributed by atoms with Crippen molar-refractivity contribution in [3.63, 3.8) is 0 Å². The quantitative estimate of drug-likeness (QED) is 0.385. The Morgan fingerprint density at radius 3 is 2.50 bits per heavy atom. The zero-order chi connectivity index (χ0) is 21.7. The number of aliphatic hydroxyl groups is 2. The van der Waals surface area contributed by atoms with E-state index >= 15 is 0 Å². The lowest BCUT2D eigenvalue weighted by atomic mass is 9.95. The smallest absolute Gasteiger partial charge is 0.408 e. The average molecular weight is 411 g/mol. The Morgan fingerprint density at radius 2 is 1.83 bits per heavy atom. The number of alkyl carbamates (subject to hydrolysis) is 1. The lowest BCUT2D eigenvalue weighted by molar-refractivity contribution is -0.135. The Kier molecular flexibility index (Phi) is 6.39. The molecule has 3 unspecified atom stereocenters. The van der Waals surface area contributed by atoms with Gasteiger partial charge in [-0.2, -0.15) is 0 Å². The topological polar surface area (TPSA) is 138 Å². The summed E-state index contributed by atoms with van der Waals surface area (Å²) in [5, 5.41) is 23.4. The molecular formula is C22H25N3O5. The first kappa shape index (κ1) is 21.4. The minimum atomic E-state index is -1.63. The Labute approximate surface area is 173 Å². The number of primary amides is 1. The number of amides is 2. The number of H-pyrrole nitrogens is 1. The maximum atomic E-state index is 12.5. The highest BCUT2D eigenvalue weighted by molar-refractivity contribution is 5.88. The highest BCUT2D eigenvalue weighted by Crippen LogP contribution is 2.25. The van der Waals surface area contributed by atoms with Crippen LogP contribution in [0, 0.1) is 0 Å². The van der Waals surface area contributed by atoms with Crippen LogP contribution in [0.15, 0.2) is 60.8 Å². The molecule has 0 aliphatic rings. The molecule has 1 aromatic heterocycles. The molecule has 8 nitrogen and oxygen atoms in total. The van der Waals surface area contributed by atoms with E-state index in [0.29, 0.717) is 5.56 Å². The number of rotatable bonds is 8. The fraction of sp³-hybridized carbons (Fsp3) is 0.273. The van der Waals surface area contributed by atoms with E-state index < -0.39 is 36.4 Å². The summed E-state index contributed by atoms with van der Waals surface area (Å²) in [6, 6.07) is 15.1. The molecule has 0 saturated heterocycles. The second kappa shape index (κ2) is 8.98. The van der Waals surface area contributed by atoms with Gasteiger partial charge in [0.1, 0.15) is 6.10 Å². The molecule has 3 atom stereocenters. The summed E-state index contributed by atoms with van der Waals surface area (Å²) in [6.45, 7) is 0.902. The summed E-state index contributed by atoms with van der Waals surface area (Å²) in [5.74, 6) is -0.813. The summed E-state index contributed by atoms with van der Waals surface area (Å²) in [4.78, 5) is 27.7. The molecule has 0 bridgehead atoms. The van der Waals surface area contributed by atoms with Crippen molar-refractivity contribution in [1.82, 2.24) is 10.3 Å². The summed E-state index contributed by atoms with van der Waals surface area (Å²) < 4.78 is 5.38. The molecule has 3 rings (SSSR count). The van der Waals surface area contributed by atoms with E-state index in [-0.39, 0.29) is 6.42 Å². The van der Waals surface area contributed by atoms with E-state index in [9.17, 15) is 19.8 Å². The highest BCUT2D eigenvalue weighted by atomic mass is 16.6. The van der Waals surface area contributed by atoms with E-state index in [1.54, 1.807) is 36.5 Å². The Bertz CT molecular complexity index is 1020. The normalized spacial score (nSPS) is 15.2. The van der Waals surface area contributed by atoms with Crippen LogP contribution in [-0.2, 0) is 16.0 Å². The predicted octanol–water partition coefficient (Wildman–Crippen LogP) is 1.78. The van der Waals surface area contributed by atoms with Crippen LogP contribution in [0.5, 0.6) is 0 Å². The molecule has 0 fully saturated rings. The van der Waals surface area contributed by atoms with E-state index in [1.807, 2.05) is 24.3 Å². The number of hydrogen-bond donors (Lipinski definition) is 5. The number of aromatic nitrogens is 1. The summed E-state index contributed by atoms with van der Waals surface area (Å²) in [7, 11) is 0. The molecular weight excluding hydrogens is 386 g/mol. The number of ether oxygens (including phenoxy) is 1. The molecule has 1 heterocycles. The summed E-state index contributed by atoms with van der Waals surface area (Å²) in [5.41, 5.74) is 6.08. The predicted molar refractivity (Wildman–Crippen MR) is 111 cm³/mol. The van der Waals surface area contributed by atoms with Crippen molar-refractivity contribution < 1.29 is 24.5 Å². The van der Waals surface area contributed by atoms with Crippen LogP contribution in [0.1, 0.15) is 24.2 Å². The molecule has 0 aliphatic heterocycles. The fourth-order valence-electron chi connectivity index (χ4n) is 3.31. The lowest BCUT2D eigenvalue weighted by Gasteiger charge is -2.28. The van der Waals surface area contributed by atoms with E-state index in [4.69, 9.17) is 10.5 Å². The van der Waals surface area contributed by atoms with Gasteiger partial charge in [-0.15, -0.1) is 0 Å². The Balaban J connectivity index is 1.73. The van der Waals surface area contributed by atoms with Gasteiger partial charge in [0, 0.05) is 23.5 Å². The number of para-hydroxylation sites is 1. The zero-order valence-corrected chi connectivity index (χ0v) is 16.5. The number of benzene rings is 2. The first-order chi connectivity index (χ1) is 14.3. The van der Waals surface area contributed by atoms with Crippen molar-refractivity contribution in [2.45, 2.75) is 31.1 Å². The molecule has 8 heteroatoms. The maximum Gasteiger partial charge on any atom is 0.408 e. The second-order valence-corrected chi connectivity index (χ2v) is 7.31. The largest absolute Gasteiger partial charge is 0.433 e. The number of aromatic amines is 1. The Hall–Kier alpha value is -3.36. The van der Waals surface area contributed by atoms with Crippen molar-refractivity contribution in [2.24, 2.45) is 5.73 Å². The van der Waals surface area contributed by atoms with Crippen LogP contribution >= 0.6 is 0 Å². The van der Waals surface area contributed by atoms with Crippen LogP contribution in [0.25, 0.3) is 10.9 Å². The van der Waals surface area contributed by atoms with Crippen molar-refractivity contribution in [3.05, 3.63) is 71.9 Å².